The molecule has 0 aromatic heterocycles. The van der Waals surface area contributed by atoms with Gasteiger partial charge in [-0.1, -0.05) is 19.9 Å². The molecule has 20 heavy (non-hydrogen) atoms. The molecule has 0 radical (unpaired) electrons. The Morgan fingerprint density at radius 2 is 1.85 bits per heavy atom. The summed E-state index contributed by atoms with van der Waals surface area (Å²) >= 11 is 0. The van der Waals surface area contributed by atoms with Gasteiger partial charge in [-0.05, 0) is 37.5 Å². The van der Waals surface area contributed by atoms with E-state index in [4.69, 9.17) is 9.47 Å². The Morgan fingerprint density at radius 1 is 1.20 bits per heavy atom. The van der Waals surface area contributed by atoms with Gasteiger partial charge in [0, 0.05) is 12.6 Å². The number of rotatable bonds is 5. The molecule has 1 aliphatic rings. The maximum absolute atomic E-state index is 10.2. The first-order valence-corrected chi connectivity index (χ1v) is 7.22. The van der Waals surface area contributed by atoms with Crippen LogP contribution < -0.4 is 14.8 Å². The maximum Gasteiger partial charge on any atom is 0.161 e. The van der Waals surface area contributed by atoms with Crippen molar-refractivity contribution in [3.05, 3.63) is 23.8 Å². The minimum atomic E-state index is -0.748. The number of hydrogen-bond donors (Lipinski definition) is 2. The molecule has 4 heteroatoms. The van der Waals surface area contributed by atoms with Crippen LogP contribution in [-0.2, 0) is 6.54 Å². The third-order valence-electron chi connectivity index (χ3n) is 3.56. The van der Waals surface area contributed by atoms with Crippen LogP contribution in [0.25, 0.3) is 0 Å². The van der Waals surface area contributed by atoms with Crippen LogP contribution in [-0.4, -0.2) is 30.0 Å². The average Bonchev–Trinajstić information content (AvgIpc) is 2.36. The van der Waals surface area contributed by atoms with Gasteiger partial charge in [-0.25, -0.2) is 0 Å². The lowest BCUT2D eigenvalue weighted by molar-refractivity contribution is 0.0195. The summed E-state index contributed by atoms with van der Waals surface area (Å²) in [5.74, 6) is 1.97. The topological polar surface area (TPSA) is 50.7 Å². The highest BCUT2D eigenvalue weighted by atomic mass is 16.6. The Balaban J connectivity index is 2.03. The highest BCUT2D eigenvalue weighted by Gasteiger charge is 2.28. The van der Waals surface area contributed by atoms with Crippen molar-refractivity contribution in [2.24, 2.45) is 5.92 Å². The highest BCUT2D eigenvalue weighted by Crippen LogP contribution is 2.30. The lowest BCUT2D eigenvalue weighted by Gasteiger charge is -2.33. The normalized spacial score (nSPS) is 16.3. The molecular weight excluding hydrogens is 254 g/mol. The molecule has 4 nitrogen and oxygen atoms in total. The summed E-state index contributed by atoms with van der Waals surface area (Å²) in [6, 6.07) is 6.02. The minimum absolute atomic E-state index is 0.0377. The number of aliphatic hydroxyl groups is 1. The molecule has 0 spiro atoms. The molecule has 1 heterocycles. The van der Waals surface area contributed by atoms with Crippen molar-refractivity contribution in [3.8, 4) is 11.5 Å². The first-order chi connectivity index (χ1) is 9.38. The smallest absolute Gasteiger partial charge is 0.161 e. The van der Waals surface area contributed by atoms with Gasteiger partial charge in [0.25, 0.3) is 0 Å². The molecule has 0 saturated carbocycles. The van der Waals surface area contributed by atoms with Crippen molar-refractivity contribution in [3.63, 3.8) is 0 Å². The van der Waals surface area contributed by atoms with E-state index in [9.17, 15) is 5.11 Å². The lowest BCUT2D eigenvalue weighted by atomic mass is 9.89. The van der Waals surface area contributed by atoms with Crippen molar-refractivity contribution in [1.29, 1.82) is 0 Å². The van der Waals surface area contributed by atoms with Gasteiger partial charge in [-0.2, -0.15) is 0 Å². The monoisotopic (exact) mass is 279 g/mol. The Hall–Kier alpha value is -1.26. The van der Waals surface area contributed by atoms with Gasteiger partial charge >= 0.3 is 0 Å². The van der Waals surface area contributed by atoms with Crippen LogP contribution in [0.4, 0.5) is 0 Å². The van der Waals surface area contributed by atoms with Crippen LogP contribution in [0.2, 0.25) is 0 Å². The Kier molecular flexibility index (Phi) is 4.55. The van der Waals surface area contributed by atoms with Gasteiger partial charge in [-0.3, -0.25) is 0 Å². The molecule has 1 aromatic rings. The first kappa shape index (κ1) is 15.1. The number of ether oxygens (including phenoxy) is 2. The van der Waals surface area contributed by atoms with Crippen molar-refractivity contribution in [2.45, 2.75) is 45.9 Å². The molecule has 0 fully saturated rings. The summed E-state index contributed by atoms with van der Waals surface area (Å²) in [6.07, 6.45) is 0. The molecule has 0 amide bonds. The number of fused-ring (bicyclic) bond motifs is 1. The second-order valence-corrected chi connectivity index (χ2v) is 6.23. The van der Waals surface area contributed by atoms with E-state index < -0.39 is 5.60 Å². The second kappa shape index (κ2) is 6.02. The molecule has 0 aliphatic carbocycles. The van der Waals surface area contributed by atoms with E-state index in [2.05, 4.69) is 19.2 Å². The largest absolute Gasteiger partial charge is 0.486 e. The van der Waals surface area contributed by atoms with Gasteiger partial charge in [0.15, 0.2) is 11.5 Å². The summed E-state index contributed by atoms with van der Waals surface area (Å²) in [5.41, 5.74) is 0.381. The van der Waals surface area contributed by atoms with E-state index in [-0.39, 0.29) is 6.04 Å². The zero-order valence-corrected chi connectivity index (χ0v) is 12.8. The van der Waals surface area contributed by atoms with Crippen molar-refractivity contribution < 1.29 is 14.6 Å². The molecule has 0 saturated heterocycles. The first-order valence-electron chi connectivity index (χ1n) is 7.22. The summed E-state index contributed by atoms with van der Waals surface area (Å²) in [7, 11) is 0. The predicted octanol–water partition coefficient (Wildman–Crippen LogP) is 2.34. The standard InChI is InChI=1S/C16H25NO3/c1-11(2)15(16(3,4)18)17-10-12-5-6-13-14(9-12)20-8-7-19-13/h5-6,9,11,15,17-18H,7-8,10H2,1-4H3/t15-/m0/s1. The third kappa shape index (κ3) is 3.64. The van der Waals surface area contributed by atoms with E-state index in [1.165, 1.54) is 0 Å². The minimum Gasteiger partial charge on any atom is -0.486 e. The quantitative estimate of drug-likeness (QED) is 0.868. The van der Waals surface area contributed by atoms with Gasteiger partial charge in [-0.15, -0.1) is 0 Å². The van der Waals surface area contributed by atoms with Gasteiger partial charge < -0.3 is 19.9 Å². The van der Waals surface area contributed by atoms with E-state index in [1.807, 2.05) is 32.0 Å². The van der Waals surface area contributed by atoms with Crippen LogP contribution >= 0.6 is 0 Å². The Morgan fingerprint density at radius 3 is 2.45 bits per heavy atom. The number of benzene rings is 1. The predicted molar refractivity (Wildman–Crippen MR) is 79.2 cm³/mol. The maximum atomic E-state index is 10.2. The molecule has 0 bridgehead atoms. The van der Waals surface area contributed by atoms with Crippen molar-refractivity contribution in [2.75, 3.05) is 13.2 Å². The highest BCUT2D eigenvalue weighted by molar-refractivity contribution is 5.43. The van der Waals surface area contributed by atoms with Crippen LogP contribution in [0.15, 0.2) is 18.2 Å². The molecule has 1 atom stereocenters. The Labute approximate surface area is 121 Å². The zero-order valence-electron chi connectivity index (χ0n) is 12.8. The molecule has 0 unspecified atom stereocenters. The molecule has 1 aliphatic heterocycles. The summed E-state index contributed by atoms with van der Waals surface area (Å²) in [6.45, 7) is 9.81. The average molecular weight is 279 g/mol. The van der Waals surface area contributed by atoms with E-state index in [0.717, 1.165) is 17.1 Å². The van der Waals surface area contributed by atoms with Crippen molar-refractivity contribution in [1.82, 2.24) is 5.32 Å². The number of hydrogen-bond acceptors (Lipinski definition) is 4. The lowest BCUT2D eigenvalue weighted by Crippen LogP contribution is -2.49. The fourth-order valence-electron chi connectivity index (χ4n) is 2.73. The summed E-state index contributed by atoms with van der Waals surface area (Å²) in [4.78, 5) is 0. The molecule has 2 N–H and O–H groups in total. The van der Waals surface area contributed by atoms with Gasteiger partial charge in [0.05, 0.1) is 5.60 Å². The van der Waals surface area contributed by atoms with Crippen molar-refractivity contribution >= 4 is 0 Å². The van der Waals surface area contributed by atoms with Crippen LogP contribution in [0.3, 0.4) is 0 Å². The summed E-state index contributed by atoms with van der Waals surface area (Å²) in [5, 5.41) is 13.6. The van der Waals surface area contributed by atoms with Gasteiger partial charge in [0.2, 0.25) is 0 Å². The molecule has 1 aromatic carbocycles. The van der Waals surface area contributed by atoms with Crippen LogP contribution in [0.1, 0.15) is 33.3 Å². The second-order valence-electron chi connectivity index (χ2n) is 6.23. The molecule has 2 rings (SSSR count). The van der Waals surface area contributed by atoms with Crippen LogP contribution in [0, 0.1) is 5.92 Å². The molecular formula is C16H25NO3. The third-order valence-corrected chi connectivity index (χ3v) is 3.56. The van der Waals surface area contributed by atoms with E-state index in [1.54, 1.807) is 0 Å². The Bertz CT molecular complexity index is 452. The fraction of sp³-hybridized carbons (Fsp3) is 0.625. The van der Waals surface area contributed by atoms with Gasteiger partial charge in [0.1, 0.15) is 13.2 Å². The van der Waals surface area contributed by atoms with E-state index >= 15 is 0 Å². The van der Waals surface area contributed by atoms with E-state index in [0.29, 0.717) is 25.7 Å². The number of nitrogens with one attached hydrogen (secondary N) is 1. The molecule has 112 valence electrons. The van der Waals surface area contributed by atoms with Crippen LogP contribution in [0.5, 0.6) is 11.5 Å². The summed E-state index contributed by atoms with van der Waals surface area (Å²) < 4.78 is 11.1. The fourth-order valence-corrected chi connectivity index (χ4v) is 2.73. The zero-order chi connectivity index (χ0) is 14.8. The SMILES string of the molecule is CC(C)[C@H](NCc1ccc2c(c1)OCCO2)C(C)(C)O.